The summed E-state index contributed by atoms with van der Waals surface area (Å²) in [7, 11) is 0. The molecule has 0 radical (unpaired) electrons. The van der Waals surface area contributed by atoms with Gasteiger partial charge in [-0.15, -0.1) is 11.3 Å². The maximum atomic E-state index is 12.2. The summed E-state index contributed by atoms with van der Waals surface area (Å²) in [6.07, 6.45) is 0. The van der Waals surface area contributed by atoms with Crippen LogP contribution in [0.4, 0.5) is 0 Å². The number of benzene rings is 2. The van der Waals surface area contributed by atoms with Crippen LogP contribution in [0, 0.1) is 0 Å². The first kappa shape index (κ1) is 15.9. The zero-order chi connectivity index (χ0) is 17.2. The summed E-state index contributed by atoms with van der Waals surface area (Å²) in [6, 6.07) is 12.8. The van der Waals surface area contributed by atoms with Gasteiger partial charge in [-0.05, 0) is 29.8 Å². The highest BCUT2D eigenvalue weighted by molar-refractivity contribution is 7.13. The van der Waals surface area contributed by atoms with E-state index in [0.29, 0.717) is 16.5 Å². The van der Waals surface area contributed by atoms with E-state index in [2.05, 4.69) is 4.98 Å². The van der Waals surface area contributed by atoms with Crippen molar-refractivity contribution in [2.75, 3.05) is 6.79 Å². The minimum atomic E-state index is -0.470. The fourth-order valence-electron chi connectivity index (χ4n) is 2.38. The Hall–Kier alpha value is -2.57. The van der Waals surface area contributed by atoms with E-state index in [1.54, 1.807) is 23.6 Å². The minimum absolute atomic E-state index is 0.138. The summed E-state index contributed by atoms with van der Waals surface area (Å²) in [4.78, 5) is 16.5. The number of rotatable bonds is 4. The van der Waals surface area contributed by atoms with Crippen LogP contribution in [0.5, 0.6) is 11.5 Å². The molecule has 0 unspecified atom stereocenters. The number of ether oxygens (including phenoxy) is 3. The van der Waals surface area contributed by atoms with Gasteiger partial charge >= 0.3 is 5.97 Å². The molecule has 1 aromatic heterocycles. The first-order valence-corrected chi connectivity index (χ1v) is 8.72. The van der Waals surface area contributed by atoms with Gasteiger partial charge in [0.05, 0.1) is 0 Å². The maximum Gasteiger partial charge on any atom is 0.358 e. The second kappa shape index (κ2) is 6.74. The summed E-state index contributed by atoms with van der Waals surface area (Å²) in [5.74, 6) is 0.883. The second-order valence-corrected chi connectivity index (χ2v) is 6.61. The number of esters is 1. The molecule has 2 aromatic carbocycles. The zero-order valence-electron chi connectivity index (χ0n) is 12.9. The number of fused-ring (bicyclic) bond motifs is 1. The Morgan fingerprint density at radius 1 is 1.20 bits per heavy atom. The van der Waals surface area contributed by atoms with E-state index in [0.717, 1.165) is 16.1 Å². The van der Waals surface area contributed by atoms with Crippen LogP contribution in [-0.2, 0) is 11.3 Å². The smallest absolute Gasteiger partial charge is 0.358 e. The summed E-state index contributed by atoms with van der Waals surface area (Å²) >= 11 is 7.36. The number of hydrogen-bond acceptors (Lipinski definition) is 6. The first-order valence-electron chi connectivity index (χ1n) is 7.46. The van der Waals surface area contributed by atoms with E-state index < -0.39 is 5.97 Å². The lowest BCUT2D eigenvalue weighted by Crippen LogP contribution is -2.05. The molecule has 1 aliphatic heterocycles. The Bertz CT molecular complexity index is 940. The highest BCUT2D eigenvalue weighted by atomic mass is 35.5. The van der Waals surface area contributed by atoms with Crippen LogP contribution in [0.25, 0.3) is 10.6 Å². The van der Waals surface area contributed by atoms with E-state index in [1.807, 2.05) is 24.3 Å². The lowest BCUT2D eigenvalue weighted by Gasteiger charge is -2.04. The lowest BCUT2D eigenvalue weighted by molar-refractivity contribution is 0.0466. The molecule has 0 amide bonds. The summed E-state index contributed by atoms with van der Waals surface area (Å²) in [5, 5.41) is 3.02. The molecular formula is C18H12ClNO4S. The molecule has 0 bridgehead atoms. The van der Waals surface area contributed by atoms with Crippen molar-refractivity contribution >= 4 is 28.9 Å². The predicted molar refractivity (Wildman–Crippen MR) is 94.2 cm³/mol. The highest BCUT2D eigenvalue weighted by Gasteiger charge is 2.16. The Kier molecular flexibility index (Phi) is 4.29. The fourth-order valence-corrected chi connectivity index (χ4v) is 3.35. The van der Waals surface area contributed by atoms with Gasteiger partial charge in [-0.25, -0.2) is 9.78 Å². The monoisotopic (exact) mass is 373 g/mol. The van der Waals surface area contributed by atoms with E-state index in [9.17, 15) is 4.79 Å². The molecule has 0 spiro atoms. The van der Waals surface area contributed by atoms with Gasteiger partial charge in [-0.1, -0.05) is 29.8 Å². The standard InChI is InChI=1S/C18H12ClNO4S/c19-13-3-1-2-12(7-13)17-20-14(9-25-17)18(21)22-8-11-4-5-15-16(6-11)24-10-23-15/h1-7,9H,8,10H2. The van der Waals surface area contributed by atoms with Crippen LogP contribution < -0.4 is 9.47 Å². The topological polar surface area (TPSA) is 57.7 Å². The average Bonchev–Trinajstić information content (AvgIpc) is 3.28. The molecule has 3 aromatic rings. The molecule has 1 aliphatic rings. The van der Waals surface area contributed by atoms with Crippen LogP contribution in [0.15, 0.2) is 47.8 Å². The van der Waals surface area contributed by atoms with Crippen molar-refractivity contribution in [3.63, 3.8) is 0 Å². The van der Waals surface area contributed by atoms with E-state index in [1.165, 1.54) is 11.3 Å². The third-order valence-corrected chi connectivity index (χ3v) is 4.72. The number of carbonyl (C=O) groups is 1. The molecule has 4 rings (SSSR count). The highest BCUT2D eigenvalue weighted by Crippen LogP contribution is 2.32. The quantitative estimate of drug-likeness (QED) is 0.628. The van der Waals surface area contributed by atoms with Crippen molar-refractivity contribution in [2.24, 2.45) is 0 Å². The molecule has 126 valence electrons. The molecule has 2 heterocycles. The molecule has 0 N–H and O–H groups in total. The van der Waals surface area contributed by atoms with Crippen molar-refractivity contribution in [1.29, 1.82) is 0 Å². The van der Waals surface area contributed by atoms with Gasteiger partial charge < -0.3 is 14.2 Å². The number of thiazole rings is 1. The number of nitrogens with zero attached hydrogens (tertiary/aromatic N) is 1. The molecule has 0 atom stereocenters. The van der Waals surface area contributed by atoms with Crippen molar-refractivity contribution in [2.45, 2.75) is 6.61 Å². The van der Waals surface area contributed by atoms with Gasteiger partial charge in [0.25, 0.3) is 0 Å². The normalized spacial score (nSPS) is 12.2. The number of halogens is 1. The van der Waals surface area contributed by atoms with Crippen LogP contribution in [0.1, 0.15) is 16.1 Å². The number of aromatic nitrogens is 1. The summed E-state index contributed by atoms with van der Waals surface area (Å²) in [5.41, 5.74) is 1.97. The Morgan fingerprint density at radius 3 is 2.96 bits per heavy atom. The molecule has 25 heavy (non-hydrogen) atoms. The molecule has 7 heteroatoms. The van der Waals surface area contributed by atoms with Gasteiger partial charge in [0.15, 0.2) is 17.2 Å². The number of carbonyl (C=O) groups excluding carboxylic acids is 1. The van der Waals surface area contributed by atoms with E-state index in [4.69, 9.17) is 25.8 Å². The van der Waals surface area contributed by atoms with Gasteiger partial charge in [-0.3, -0.25) is 0 Å². The van der Waals surface area contributed by atoms with E-state index in [-0.39, 0.29) is 19.1 Å². The fraction of sp³-hybridized carbons (Fsp3) is 0.111. The van der Waals surface area contributed by atoms with Crippen LogP contribution in [0.3, 0.4) is 0 Å². The first-order chi connectivity index (χ1) is 12.2. The molecule has 5 nitrogen and oxygen atoms in total. The minimum Gasteiger partial charge on any atom is -0.456 e. The third kappa shape index (κ3) is 3.45. The molecule has 0 saturated carbocycles. The second-order valence-electron chi connectivity index (χ2n) is 5.31. The van der Waals surface area contributed by atoms with Crippen LogP contribution in [0.2, 0.25) is 5.02 Å². The van der Waals surface area contributed by atoms with Crippen LogP contribution in [-0.4, -0.2) is 17.7 Å². The Labute approximate surface area is 152 Å². The van der Waals surface area contributed by atoms with Crippen molar-refractivity contribution < 1.29 is 19.0 Å². The van der Waals surface area contributed by atoms with Gasteiger partial charge in [0.1, 0.15) is 11.6 Å². The van der Waals surface area contributed by atoms with Crippen LogP contribution >= 0.6 is 22.9 Å². The van der Waals surface area contributed by atoms with Crippen molar-refractivity contribution in [3.05, 3.63) is 64.1 Å². The lowest BCUT2D eigenvalue weighted by atomic mass is 10.2. The SMILES string of the molecule is O=C(OCc1ccc2c(c1)OCO2)c1csc(-c2cccc(Cl)c2)n1. The molecule has 0 aliphatic carbocycles. The zero-order valence-corrected chi connectivity index (χ0v) is 14.5. The Morgan fingerprint density at radius 2 is 2.08 bits per heavy atom. The largest absolute Gasteiger partial charge is 0.456 e. The van der Waals surface area contributed by atoms with E-state index >= 15 is 0 Å². The van der Waals surface area contributed by atoms with Gasteiger partial charge in [0, 0.05) is 16.0 Å². The van der Waals surface area contributed by atoms with Crippen molar-refractivity contribution in [3.8, 4) is 22.1 Å². The average molecular weight is 374 g/mol. The maximum absolute atomic E-state index is 12.2. The van der Waals surface area contributed by atoms with Gasteiger partial charge in [0.2, 0.25) is 6.79 Å². The van der Waals surface area contributed by atoms with Gasteiger partial charge in [-0.2, -0.15) is 0 Å². The molecular weight excluding hydrogens is 362 g/mol. The van der Waals surface area contributed by atoms with Crippen molar-refractivity contribution in [1.82, 2.24) is 4.98 Å². The molecule has 0 fully saturated rings. The molecule has 0 saturated heterocycles. The summed E-state index contributed by atoms with van der Waals surface area (Å²) in [6.45, 7) is 0.350. The number of hydrogen-bond donors (Lipinski definition) is 0. The Balaban J connectivity index is 1.43. The predicted octanol–water partition coefficient (Wildman–Crippen LogP) is 4.55. The third-order valence-electron chi connectivity index (χ3n) is 3.59. The summed E-state index contributed by atoms with van der Waals surface area (Å²) < 4.78 is 15.9.